The molecule has 1 heterocycles. The summed E-state index contributed by atoms with van der Waals surface area (Å²) < 4.78 is 0. The van der Waals surface area contributed by atoms with Gasteiger partial charge < -0.3 is 15.9 Å². The van der Waals surface area contributed by atoms with Crippen molar-refractivity contribution in [2.45, 2.75) is 50.9 Å². The molecule has 1 unspecified atom stereocenters. The average molecular weight is 306 g/mol. The van der Waals surface area contributed by atoms with Gasteiger partial charge in [0.2, 0.25) is 5.91 Å². The van der Waals surface area contributed by atoms with Crippen molar-refractivity contribution in [3.05, 3.63) is 34.9 Å². The number of hydrogen-bond donors (Lipinski definition) is 3. The van der Waals surface area contributed by atoms with E-state index in [0.717, 1.165) is 24.1 Å². The number of carbonyl (C=O) groups excluding carboxylic acids is 1. The summed E-state index contributed by atoms with van der Waals surface area (Å²) in [6.45, 7) is 6.43. The second kappa shape index (κ2) is 5.65. The Morgan fingerprint density at radius 2 is 2.09 bits per heavy atom. The highest BCUT2D eigenvalue weighted by atomic mass is 16.5. The van der Waals surface area contributed by atoms with Gasteiger partial charge in [-0.3, -0.25) is 9.69 Å². The predicted octanol–water partition coefficient (Wildman–Crippen LogP) is 1.01. The summed E-state index contributed by atoms with van der Waals surface area (Å²) in [5.41, 5.74) is 6.75. The number of rotatable bonds is 3. The van der Waals surface area contributed by atoms with Crippen molar-refractivity contribution in [1.29, 1.82) is 0 Å². The highest BCUT2D eigenvalue weighted by molar-refractivity contribution is 5.93. The van der Waals surface area contributed by atoms with Gasteiger partial charge in [0.25, 0.3) is 0 Å². The number of amides is 1. The standard InChI is InChI=1S/C17H26N2O3/c1-5-12-6-7-13(15(18)20)10-14(12)16(3)8-9-19(4)11(2)17(16,21)22/h6-7,10-11,21-22H,5,8-9H2,1-4H3,(H2,18,20)/t11-,16?/m1/s1. The molecule has 1 amide bonds. The third-order valence-electron chi connectivity index (χ3n) is 5.39. The van der Waals surface area contributed by atoms with Gasteiger partial charge in [0.1, 0.15) is 0 Å². The van der Waals surface area contributed by atoms with Gasteiger partial charge in [-0.25, -0.2) is 0 Å². The van der Waals surface area contributed by atoms with Crippen LogP contribution < -0.4 is 5.73 Å². The van der Waals surface area contributed by atoms with Crippen LogP contribution in [0.3, 0.4) is 0 Å². The van der Waals surface area contributed by atoms with Crippen LogP contribution in [-0.4, -0.2) is 46.4 Å². The Kier molecular flexibility index (Phi) is 4.35. The van der Waals surface area contributed by atoms with Gasteiger partial charge in [0.15, 0.2) is 5.79 Å². The summed E-state index contributed by atoms with van der Waals surface area (Å²) in [5, 5.41) is 21.7. The molecule has 5 heteroatoms. The van der Waals surface area contributed by atoms with Crippen LogP contribution in [0.5, 0.6) is 0 Å². The van der Waals surface area contributed by atoms with E-state index in [0.29, 0.717) is 12.0 Å². The number of likely N-dealkylation sites (N-methyl/N-ethyl adjacent to an activating group) is 1. The highest BCUT2D eigenvalue weighted by Crippen LogP contribution is 2.45. The van der Waals surface area contributed by atoms with Gasteiger partial charge in [-0.05, 0) is 56.6 Å². The fourth-order valence-electron chi connectivity index (χ4n) is 3.43. The molecule has 1 aromatic rings. The molecular formula is C17H26N2O3. The summed E-state index contributed by atoms with van der Waals surface area (Å²) in [5.74, 6) is -2.39. The topological polar surface area (TPSA) is 86.8 Å². The number of benzene rings is 1. The van der Waals surface area contributed by atoms with E-state index < -0.39 is 23.2 Å². The fraction of sp³-hybridized carbons (Fsp3) is 0.588. The van der Waals surface area contributed by atoms with E-state index in [2.05, 4.69) is 0 Å². The van der Waals surface area contributed by atoms with Crippen molar-refractivity contribution in [1.82, 2.24) is 4.90 Å². The van der Waals surface area contributed by atoms with Crippen molar-refractivity contribution in [2.24, 2.45) is 5.73 Å². The molecule has 2 rings (SSSR count). The molecule has 1 aliphatic heterocycles. The second-order valence-corrected chi connectivity index (χ2v) is 6.55. The molecule has 22 heavy (non-hydrogen) atoms. The molecule has 0 spiro atoms. The van der Waals surface area contributed by atoms with E-state index in [1.54, 1.807) is 19.1 Å². The number of aliphatic hydroxyl groups is 2. The van der Waals surface area contributed by atoms with Gasteiger partial charge in [-0.2, -0.15) is 0 Å². The molecule has 0 aliphatic carbocycles. The fourth-order valence-corrected chi connectivity index (χ4v) is 3.43. The number of carbonyl (C=O) groups is 1. The van der Waals surface area contributed by atoms with Gasteiger partial charge >= 0.3 is 0 Å². The molecule has 5 nitrogen and oxygen atoms in total. The SMILES string of the molecule is CCc1ccc(C(N)=O)cc1C1(C)CCN(C)[C@H](C)C1(O)O. The lowest BCUT2D eigenvalue weighted by Gasteiger charge is -2.52. The van der Waals surface area contributed by atoms with E-state index in [4.69, 9.17) is 5.73 Å². The third kappa shape index (κ3) is 2.43. The van der Waals surface area contributed by atoms with Crippen molar-refractivity contribution >= 4 is 5.91 Å². The van der Waals surface area contributed by atoms with Crippen molar-refractivity contribution in [2.75, 3.05) is 13.6 Å². The van der Waals surface area contributed by atoms with Crippen molar-refractivity contribution in [3.8, 4) is 0 Å². The van der Waals surface area contributed by atoms with Crippen LogP contribution in [0.1, 0.15) is 48.7 Å². The number of likely N-dealkylation sites (tertiary alicyclic amines) is 1. The van der Waals surface area contributed by atoms with Crippen LogP contribution in [0.15, 0.2) is 18.2 Å². The van der Waals surface area contributed by atoms with E-state index in [1.165, 1.54) is 0 Å². The lowest BCUT2D eigenvalue weighted by Crippen LogP contribution is -2.66. The Balaban J connectivity index is 2.62. The number of hydrogen-bond acceptors (Lipinski definition) is 4. The van der Waals surface area contributed by atoms with Crippen LogP contribution in [0.4, 0.5) is 0 Å². The zero-order chi connectivity index (χ0) is 16.7. The number of primary amides is 1. The largest absolute Gasteiger partial charge is 0.366 e. The second-order valence-electron chi connectivity index (χ2n) is 6.55. The lowest BCUT2D eigenvalue weighted by atomic mass is 9.65. The van der Waals surface area contributed by atoms with E-state index in [1.807, 2.05) is 31.9 Å². The normalized spacial score (nSPS) is 28.5. The lowest BCUT2D eigenvalue weighted by molar-refractivity contribution is -0.261. The minimum atomic E-state index is -1.89. The van der Waals surface area contributed by atoms with Crippen LogP contribution in [-0.2, 0) is 11.8 Å². The first kappa shape index (κ1) is 16.9. The highest BCUT2D eigenvalue weighted by Gasteiger charge is 2.55. The summed E-state index contributed by atoms with van der Waals surface area (Å²) in [6.07, 6.45) is 1.35. The summed E-state index contributed by atoms with van der Waals surface area (Å²) in [7, 11) is 1.88. The zero-order valence-corrected chi connectivity index (χ0v) is 13.8. The smallest absolute Gasteiger partial charge is 0.248 e. The Morgan fingerprint density at radius 1 is 1.45 bits per heavy atom. The average Bonchev–Trinajstić information content (AvgIpc) is 2.49. The molecule has 4 N–H and O–H groups in total. The Morgan fingerprint density at radius 3 is 2.64 bits per heavy atom. The molecule has 1 aromatic carbocycles. The van der Waals surface area contributed by atoms with Gasteiger partial charge in [-0.1, -0.05) is 19.9 Å². The molecule has 0 saturated carbocycles. The minimum Gasteiger partial charge on any atom is -0.366 e. The summed E-state index contributed by atoms with van der Waals surface area (Å²) in [6, 6.07) is 4.87. The quantitative estimate of drug-likeness (QED) is 0.727. The number of aryl methyl sites for hydroxylation is 1. The van der Waals surface area contributed by atoms with Gasteiger partial charge in [-0.15, -0.1) is 0 Å². The number of piperidine rings is 1. The molecule has 2 atom stereocenters. The molecule has 0 radical (unpaired) electrons. The van der Waals surface area contributed by atoms with Crippen molar-refractivity contribution in [3.63, 3.8) is 0 Å². The van der Waals surface area contributed by atoms with Crippen LogP contribution >= 0.6 is 0 Å². The molecule has 1 aliphatic rings. The predicted molar refractivity (Wildman–Crippen MR) is 85.6 cm³/mol. The third-order valence-corrected chi connectivity index (χ3v) is 5.39. The number of nitrogens with zero attached hydrogens (tertiary/aromatic N) is 1. The first-order valence-corrected chi connectivity index (χ1v) is 7.73. The maximum Gasteiger partial charge on any atom is 0.248 e. The Bertz CT molecular complexity index is 585. The maximum atomic E-state index is 11.5. The molecular weight excluding hydrogens is 280 g/mol. The molecule has 0 bridgehead atoms. The van der Waals surface area contributed by atoms with Crippen LogP contribution in [0.25, 0.3) is 0 Å². The minimum absolute atomic E-state index is 0.399. The van der Waals surface area contributed by atoms with E-state index in [9.17, 15) is 15.0 Å². The van der Waals surface area contributed by atoms with Crippen molar-refractivity contribution < 1.29 is 15.0 Å². The number of nitrogens with two attached hydrogens (primary N) is 1. The Hall–Kier alpha value is -1.43. The first-order chi connectivity index (χ1) is 10.1. The van der Waals surface area contributed by atoms with Gasteiger partial charge in [0.05, 0.1) is 6.04 Å². The maximum absolute atomic E-state index is 11.5. The first-order valence-electron chi connectivity index (χ1n) is 7.73. The van der Waals surface area contributed by atoms with E-state index >= 15 is 0 Å². The molecule has 122 valence electrons. The monoisotopic (exact) mass is 306 g/mol. The van der Waals surface area contributed by atoms with E-state index in [-0.39, 0.29) is 0 Å². The molecule has 1 saturated heterocycles. The van der Waals surface area contributed by atoms with Crippen LogP contribution in [0.2, 0.25) is 0 Å². The molecule has 1 fully saturated rings. The zero-order valence-electron chi connectivity index (χ0n) is 13.8. The van der Waals surface area contributed by atoms with Gasteiger partial charge in [0, 0.05) is 11.0 Å². The Labute approximate surface area is 131 Å². The molecule has 0 aromatic heterocycles. The summed E-state index contributed by atoms with van der Waals surface area (Å²) in [4.78, 5) is 13.4. The summed E-state index contributed by atoms with van der Waals surface area (Å²) >= 11 is 0. The van der Waals surface area contributed by atoms with Crippen LogP contribution in [0, 0.1) is 0 Å².